The summed E-state index contributed by atoms with van der Waals surface area (Å²) in [7, 11) is -1.17. The predicted octanol–water partition coefficient (Wildman–Crippen LogP) is 2.11. The fraction of sp³-hybridized carbons (Fsp3) is 0.375. The van der Waals surface area contributed by atoms with Gasteiger partial charge in [-0.05, 0) is 10.6 Å². The van der Waals surface area contributed by atoms with E-state index in [1.54, 1.807) is 11.3 Å². The van der Waals surface area contributed by atoms with Crippen LogP contribution in [-0.4, -0.2) is 14.4 Å². The second-order valence-electron chi connectivity index (χ2n) is 3.57. The van der Waals surface area contributed by atoms with Gasteiger partial charge in [0.15, 0.2) is 6.29 Å². The summed E-state index contributed by atoms with van der Waals surface area (Å²) < 4.78 is 1.40. The van der Waals surface area contributed by atoms with Gasteiger partial charge >= 0.3 is 0 Å². The van der Waals surface area contributed by atoms with Crippen LogP contribution in [0.4, 0.5) is 0 Å². The average molecular weight is 184 g/mol. The summed E-state index contributed by atoms with van der Waals surface area (Å²) in [5.74, 6) is 0. The molecule has 0 spiro atoms. The third-order valence-corrected chi connectivity index (χ3v) is 6.09. The van der Waals surface area contributed by atoms with Crippen molar-refractivity contribution in [1.82, 2.24) is 0 Å². The van der Waals surface area contributed by atoms with E-state index < -0.39 is 8.07 Å². The van der Waals surface area contributed by atoms with Crippen LogP contribution >= 0.6 is 11.3 Å². The Morgan fingerprint density at radius 1 is 1.36 bits per heavy atom. The third-order valence-electron chi connectivity index (χ3n) is 1.48. The molecule has 0 radical (unpaired) electrons. The molecule has 0 aromatic carbocycles. The Hall–Kier alpha value is -0.413. The molecule has 1 heterocycles. The van der Waals surface area contributed by atoms with Crippen LogP contribution in [-0.2, 0) is 0 Å². The zero-order valence-electron chi connectivity index (χ0n) is 7.05. The molecule has 1 aromatic rings. The molecule has 1 aromatic heterocycles. The molecular weight excluding hydrogens is 172 g/mol. The van der Waals surface area contributed by atoms with Crippen LogP contribution in [0.2, 0.25) is 19.6 Å². The molecule has 0 fully saturated rings. The molecule has 1 rings (SSSR count). The van der Waals surface area contributed by atoms with Gasteiger partial charge in [-0.2, -0.15) is 0 Å². The van der Waals surface area contributed by atoms with Gasteiger partial charge in [0, 0.05) is 0 Å². The molecule has 0 atom stereocenters. The van der Waals surface area contributed by atoms with E-state index in [0.717, 1.165) is 11.2 Å². The Balaban J connectivity index is 2.98. The number of thiophene rings is 1. The van der Waals surface area contributed by atoms with Crippen molar-refractivity contribution in [2.24, 2.45) is 0 Å². The zero-order chi connectivity index (χ0) is 8.48. The number of hydrogen-bond acceptors (Lipinski definition) is 2. The smallest absolute Gasteiger partial charge is 0.159 e. The summed E-state index contributed by atoms with van der Waals surface area (Å²) >= 11 is 1.63. The number of hydrogen-bond donors (Lipinski definition) is 0. The van der Waals surface area contributed by atoms with Crippen molar-refractivity contribution in [2.45, 2.75) is 19.6 Å². The van der Waals surface area contributed by atoms with Crippen LogP contribution in [0, 0.1) is 0 Å². The Labute approximate surface area is 72.1 Å². The maximum absolute atomic E-state index is 10.4. The molecule has 60 valence electrons. The van der Waals surface area contributed by atoms with Gasteiger partial charge < -0.3 is 0 Å². The highest BCUT2D eigenvalue weighted by Gasteiger charge is 2.18. The van der Waals surface area contributed by atoms with E-state index in [9.17, 15) is 4.79 Å². The van der Waals surface area contributed by atoms with Crippen LogP contribution in [0.3, 0.4) is 0 Å². The first-order valence-corrected chi connectivity index (χ1v) is 7.91. The normalized spacial score (nSPS) is 11.5. The predicted molar refractivity (Wildman–Crippen MR) is 52.7 cm³/mol. The fourth-order valence-electron chi connectivity index (χ4n) is 0.819. The van der Waals surface area contributed by atoms with E-state index in [1.807, 2.05) is 6.07 Å². The molecule has 3 heteroatoms. The van der Waals surface area contributed by atoms with Gasteiger partial charge in [-0.15, -0.1) is 11.3 Å². The molecule has 0 N–H and O–H groups in total. The van der Waals surface area contributed by atoms with Gasteiger partial charge in [0.1, 0.15) is 0 Å². The molecule has 0 aliphatic heterocycles. The Morgan fingerprint density at radius 3 is 2.27 bits per heavy atom. The van der Waals surface area contributed by atoms with E-state index in [1.165, 1.54) is 4.50 Å². The molecule has 0 saturated carbocycles. The molecule has 0 saturated heterocycles. The second kappa shape index (κ2) is 2.91. The lowest BCUT2D eigenvalue weighted by Gasteiger charge is -2.11. The van der Waals surface area contributed by atoms with Crippen LogP contribution in [0.5, 0.6) is 0 Å². The van der Waals surface area contributed by atoms with E-state index in [-0.39, 0.29) is 0 Å². The number of carbonyl (C=O) groups excluding carboxylic acids is 1. The largest absolute Gasteiger partial charge is 0.297 e. The number of rotatable bonds is 2. The van der Waals surface area contributed by atoms with Crippen LogP contribution in [0.25, 0.3) is 0 Å². The quantitative estimate of drug-likeness (QED) is 0.508. The lowest BCUT2D eigenvalue weighted by atomic mass is 10.5. The minimum Gasteiger partial charge on any atom is -0.297 e. The highest BCUT2D eigenvalue weighted by molar-refractivity contribution is 7.27. The summed E-state index contributed by atoms with van der Waals surface area (Å²) in [5.41, 5.74) is 0. The zero-order valence-corrected chi connectivity index (χ0v) is 8.87. The minimum absolute atomic E-state index is 0.849. The van der Waals surface area contributed by atoms with E-state index >= 15 is 0 Å². The molecule has 1 nitrogen and oxygen atoms in total. The SMILES string of the molecule is C[Si](C)(C)c1ccc(C=O)s1. The number of aldehydes is 1. The standard InChI is InChI=1S/C8H12OSSi/c1-11(2,3)8-5-4-7(6-9)10-8/h4-6H,1-3H3. The average Bonchev–Trinajstić information content (AvgIpc) is 2.32. The molecule has 11 heavy (non-hydrogen) atoms. The first-order chi connectivity index (χ1) is 5.04. The highest BCUT2D eigenvalue weighted by Crippen LogP contribution is 2.10. The van der Waals surface area contributed by atoms with Gasteiger partial charge in [0.05, 0.1) is 13.0 Å². The van der Waals surface area contributed by atoms with Crippen molar-refractivity contribution in [3.63, 3.8) is 0 Å². The van der Waals surface area contributed by atoms with Gasteiger partial charge in [-0.25, -0.2) is 0 Å². The van der Waals surface area contributed by atoms with Crippen LogP contribution < -0.4 is 4.50 Å². The Morgan fingerprint density at radius 2 is 2.00 bits per heavy atom. The lowest BCUT2D eigenvalue weighted by Crippen LogP contribution is -2.34. The summed E-state index contributed by atoms with van der Waals surface area (Å²) in [5, 5.41) is 0. The van der Waals surface area contributed by atoms with E-state index in [0.29, 0.717) is 0 Å². The molecule has 0 bridgehead atoms. The maximum atomic E-state index is 10.4. The highest BCUT2D eigenvalue weighted by atomic mass is 32.1. The Kier molecular flexibility index (Phi) is 2.30. The van der Waals surface area contributed by atoms with Crippen molar-refractivity contribution in [2.75, 3.05) is 0 Å². The van der Waals surface area contributed by atoms with Gasteiger partial charge in [-0.1, -0.05) is 25.7 Å². The summed E-state index contributed by atoms with van der Waals surface area (Å²) in [6.07, 6.45) is 0.925. The van der Waals surface area contributed by atoms with Crippen LogP contribution in [0.15, 0.2) is 12.1 Å². The third kappa shape index (κ3) is 2.01. The fourth-order valence-corrected chi connectivity index (χ4v) is 3.56. The number of carbonyl (C=O) groups is 1. The molecule has 0 aliphatic carbocycles. The summed E-state index contributed by atoms with van der Waals surface area (Å²) in [6, 6.07) is 3.99. The monoisotopic (exact) mass is 184 g/mol. The lowest BCUT2D eigenvalue weighted by molar-refractivity contribution is 0.112. The first-order valence-electron chi connectivity index (χ1n) is 3.59. The maximum Gasteiger partial charge on any atom is 0.159 e. The van der Waals surface area contributed by atoms with Gasteiger partial charge in [-0.3, -0.25) is 4.79 Å². The van der Waals surface area contributed by atoms with E-state index in [2.05, 4.69) is 25.7 Å². The van der Waals surface area contributed by atoms with Crippen molar-refractivity contribution in [3.8, 4) is 0 Å². The summed E-state index contributed by atoms with van der Waals surface area (Å²) in [4.78, 5) is 11.2. The minimum atomic E-state index is -1.17. The van der Waals surface area contributed by atoms with E-state index in [4.69, 9.17) is 0 Å². The molecule has 0 unspecified atom stereocenters. The van der Waals surface area contributed by atoms with Crippen molar-refractivity contribution < 1.29 is 4.79 Å². The summed E-state index contributed by atoms with van der Waals surface area (Å²) in [6.45, 7) is 6.86. The second-order valence-corrected chi connectivity index (χ2v) is 10.1. The van der Waals surface area contributed by atoms with Crippen LogP contribution in [0.1, 0.15) is 9.67 Å². The first kappa shape index (κ1) is 8.68. The molecule has 0 aliphatic rings. The van der Waals surface area contributed by atoms with Crippen molar-refractivity contribution >= 4 is 30.2 Å². The van der Waals surface area contributed by atoms with Gasteiger partial charge in [0.2, 0.25) is 0 Å². The van der Waals surface area contributed by atoms with Crippen molar-refractivity contribution in [3.05, 3.63) is 17.0 Å². The topological polar surface area (TPSA) is 17.1 Å². The molecule has 0 amide bonds. The Bertz CT molecular complexity index is 259. The van der Waals surface area contributed by atoms with Gasteiger partial charge in [0.25, 0.3) is 0 Å². The molecular formula is C8H12OSSi. The van der Waals surface area contributed by atoms with Crippen molar-refractivity contribution in [1.29, 1.82) is 0 Å².